The number of hydrogen-bond acceptors (Lipinski definition) is 7. The number of nitrogens with one attached hydrogen (secondary N) is 1. The van der Waals surface area contributed by atoms with Gasteiger partial charge in [0.05, 0.1) is 24.4 Å². The summed E-state index contributed by atoms with van der Waals surface area (Å²) in [7, 11) is 1.54. The van der Waals surface area contributed by atoms with Crippen molar-refractivity contribution in [1.29, 1.82) is 0 Å². The van der Waals surface area contributed by atoms with Crippen molar-refractivity contribution >= 4 is 24.4 Å². The van der Waals surface area contributed by atoms with Gasteiger partial charge in [-0.15, -0.1) is 0 Å². The molecule has 48 heavy (non-hydrogen) atoms. The van der Waals surface area contributed by atoms with Gasteiger partial charge in [0, 0.05) is 31.4 Å². The normalized spacial score (nSPS) is 17.9. The highest BCUT2D eigenvalue weighted by molar-refractivity contribution is 8.07. The lowest BCUT2D eigenvalue weighted by atomic mass is 10.0. The number of carbonyl (C=O) groups excluding carboxylic acids is 1. The Bertz CT molecular complexity index is 1830. The second-order valence-corrected chi connectivity index (χ2v) is 13.3. The fourth-order valence-electron chi connectivity index (χ4n) is 3.59. The van der Waals surface area contributed by atoms with Crippen LogP contribution in [0, 0.1) is 118 Å². The lowest BCUT2D eigenvalue weighted by Crippen LogP contribution is -2.39. The molecule has 0 aromatic carbocycles. The van der Waals surface area contributed by atoms with Gasteiger partial charge in [-0.2, -0.15) is 0 Å². The number of ether oxygens (including phenoxy) is 3. The molecule has 0 aliphatic carbocycles. The summed E-state index contributed by atoms with van der Waals surface area (Å²) in [5.74, 6) is 49.6. The zero-order valence-corrected chi connectivity index (χ0v) is 29.7. The third-order valence-corrected chi connectivity index (χ3v) is 7.00. The van der Waals surface area contributed by atoms with E-state index in [-0.39, 0.29) is 12.7 Å². The third-order valence-electron chi connectivity index (χ3n) is 5.23. The van der Waals surface area contributed by atoms with E-state index in [0.29, 0.717) is 19.4 Å². The van der Waals surface area contributed by atoms with E-state index in [1.165, 1.54) is 7.11 Å². The molecule has 8 nitrogen and oxygen atoms in total. The van der Waals surface area contributed by atoms with Crippen LogP contribution < -0.4 is 5.32 Å². The highest BCUT2D eigenvalue weighted by atomic mass is 32.5. The average molecular weight is 682 g/mol. The predicted molar refractivity (Wildman–Crippen MR) is 188 cm³/mol. The van der Waals surface area contributed by atoms with Crippen LogP contribution >= 0.6 is 6.72 Å². The summed E-state index contributed by atoms with van der Waals surface area (Å²) in [6.45, 7) is 7.80. The number of hydrogen-bond donors (Lipinski definition) is 2. The van der Waals surface area contributed by atoms with Gasteiger partial charge in [0.1, 0.15) is 18.3 Å². The average Bonchev–Trinajstić information content (AvgIpc) is 3.32. The fourth-order valence-corrected chi connectivity index (χ4v) is 5.86. The molecule has 1 amide bonds. The highest BCUT2D eigenvalue weighted by Crippen LogP contribution is 2.51. The van der Waals surface area contributed by atoms with E-state index in [9.17, 15) is 9.69 Å². The molecule has 1 saturated heterocycles. The number of carbonyl (C=O) groups is 1. The molecule has 0 spiro atoms. The Labute approximate surface area is 291 Å². The van der Waals surface area contributed by atoms with Crippen molar-refractivity contribution in [3.8, 4) is 118 Å². The van der Waals surface area contributed by atoms with Crippen LogP contribution in [0.3, 0.4) is 0 Å². The Hall–Kier alpha value is -4.52. The van der Waals surface area contributed by atoms with Crippen LogP contribution in [0.2, 0.25) is 0 Å². The summed E-state index contributed by atoms with van der Waals surface area (Å²) in [5.41, 5.74) is -0.703. The van der Waals surface area contributed by atoms with Crippen LogP contribution in [0.25, 0.3) is 0 Å². The standard InChI is InChI=1S/C38H36NO7PS/c1-8-9-10-11-12-13-14-15-16-17-18-19-20-21-22-23-24-25-26-29-35(40)39-30-27-28-33-36(42-7)37(34(44-33)31-43-32(2)3)45-47(41,48)46-38(4,5)6/h32-34,36-37H,27-28,30-31H2,1-7H3,(H,39,40)(H,41,48)/t33-,34+,36+,37?,47?/m0/s1. The van der Waals surface area contributed by atoms with Crippen LogP contribution in [0.4, 0.5) is 0 Å². The summed E-state index contributed by atoms with van der Waals surface area (Å²) >= 11 is 5.27. The number of methoxy groups -OCH3 is 1. The molecule has 5 atom stereocenters. The first kappa shape index (κ1) is 41.5. The molecule has 0 bridgehead atoms. The van der Waals surface area contributed by atoms with Gasteiger partial charge in [-0.25, -0.2) is 0 Å². The maximum absolute atomic E-state index is 12.1. The molecule has 1 aliphatic rings. The van der Waals surface area contributed by atoms with Crippen LogP contribution in [-0.4, -0.2) is 67.2 Å². The van der Waals surface area contributed by atoms with Gasteiger partial charge in [-0.1, -0.05) is 5.92 Å². The Kier molecular flexibility index (Phi) is 20.5. The van der Waals surface area contributed by atoms with E-state index in [0.717, 1.165) is 0 Å². The maximum Gasteiger partial charge on any atom is 0.325 e. The summed E-state index contributed by atoms with van der Waals surface area (Å²) < 4.78 is 29.2. The first-order chi connectivity index (χ1) is 22.9. The van der Waals surface area contributed by atoms with Crippen molar-refractivity contribution in [2.24, 2.45) is 0 Å². The summed E-state index contributed by atoms with van der Waals surface area (Å²) in [6, 6.07) is 0. The van der Waals surface area contributed by atoms with Crippen LogP contribution in [0.15, 0.2) is 0 Å². The zero-order valence-electron chi connectivity index (χ0n) is 28.0. The molecule has 246 valence electrons. The Morgan fingerprint density at radius 2 is 1.31 bits per heavy atom. The smallest absolute Gasteiger partial charge is 0.325 e. The molecule has 2 N–H and O–H groups in total. The van der Waals surface area contributed by atoms with Crippen LogP contribution in [-0.2, 0) is 39.9 Å². The van der Waals surface area contributed by atoms with Gasteiger partial charge in [0.25, 0.3) is 5.91 Å². The van der Waals surface area contributed by atoms with E-state index in [2.05, 4.69) is 124 Å². The molecule has 1 heterocycles. The lowest BCUT2D eigenvalue weighted by Gasteiger charge is -2.31. The van der Waals surface area contributed by atoms with Crippen molar-refractivity contribution in [2.45, 2.75) is 90.5 Å². The second-order valence-electron chi connectivity index (χ2n) is 10.6. The molecule has 2 unspecified atom stereocenters. The van der Waals surface area contributed by atoms with Gasteiger partial charge in [-0.3, -0.25) is 9.32 Å². The van der Waals surface area contributed by atoms with Crippen molar-refractivity contribution in [3.05, 3.63) is 0 Å². The minimum absolute atomic E-state index is 0.0399. The first-order valence-corrected chi connectivity index (χ1v) is 17.2. The van der Waals surface area contributed by atoms with Crippen molar-refractivity contribution in [1.82, 2.24) is 5.32 Å². The quantitative estimate of drug-likeness (QED) is 0.195. The van der Waals surface area contributed by atoms with Gasteiger partial charge in [-0.05, 0) is 161 Å². The van der Waals surface area contributed by atoms with Crippen molar-refractivity contribution in [2.75, 3.05) is 20.3 Å². The van der Waals surface area contributed by atoms with E-state index in [4.69, 9.17) is 35.1 Å². The second kappa shape index (κ2) is 23.7. The van der Waals surface area contributed by atoms with Crippen LogP contribution in [0.5, 0.6) is 0 Å². The molecule has 1 aliphatic heterocycles. The minimum Gasteiger partial charge on any atom is -0.376 e. The van der Waals surface area contributed by atoms with Crippen LogP contribution in [0.1, 0.15) is 54.4 Å². The summed E-state index contributed by atoms with van der Waals surface area (Å²) in [5, 5.41) is 2.71. The molecule has 10 heteroatoms. The first-order valence-electron chi connectivity index (χ1n) is 14.6. The topological polar surface area (TPSA) is 95.5 Å². The summed E-state index contributed by atoms with van der Waals surface area (Å²) in [6.07, 6.45) is -1.12. The van der Waals surface area contributed by atoms with Crippen molar-refractivity contribution < 1.29 is 32.9 Å². The SMILES string of the molecule is CC#CC#CC#CC#CC#CC#CC#CC#CC#CC#CC(=O)NCCC[C@@H]1O[C@H](COC(C)C)C(OP(O)(=S)OC(C)(C)C)[C@@H]1OC. The molecular weight excluding hydrogens is 645 g/mol. The van der Waals surface area contributed by atoms with E-state index >= 15 is 0 Å². The number of rotatable bonds is 11. The Balaban J connectivity index is 2.58. The maximum atomic E-state index is 12.1. The molecule has 0 radical (unpaired) electrons. The Morgan fingerprint density at radius 1 is 0.833 bits per heavy atom. The molecular formula is C38H36NO7PS. The molecule has 1 fully saturated rings. The van der Waals surface area contributed by atoms with Gasteiger partial charge in [0.15, 0.2) is 0 Å². The highest BCUT2D eigenvalue weighted by Gasteiger charge is 2.48. The Morgan fingerprint density at radius 3 is 1.75 bits per heavy atom. The van der Waals surface area contributed by atoms with Gasteiger partial charge in [0.2, 0.25) is 0 Å². The van der Waals surface area contributed by atoms with Gasteiger partial charge >= 0.3 is 6.72 Å². The van der Waals surface area contributed by atoms with Gasteiger partial charge < -0.3 is 28.9 Å². The van der Waals surface area contributed by atoms with E-state index in [1.54, 1.807) is 27.7 Å². The van der Waals surface area contributed by atoms with E-state index in [1.807, 2.05) is 13.8 Å². The zero-order chi connectivity index (χ0) is 35.7. The number of amides is 1. The van der Waals surface area contributed by atoms with E-state index < -0.39 is 42.6 Å². The minimum atomic E-state index is -3.61. The molecule has 0 saturated carbocycles. The van der Waals surface area contributed by atoms with Crippen molar-refractivity contribution in [3.63, 3.8) is 0 Å². The summed E-state index contributed by atoms with van der Waals surface area (Å²) in [4.78, 5) is 22.8. The predicted octanol–water partition coefficient (Wildman–Crippen LogP) is 2.56. The molecule has 0 aromatic rings. The largest absolute Gasteiger partial charge is 0.376 e. The third kappa shape index (κ3) is 20.6. The monoisotopic (exact) mass is 681 g/mol. The fraction of sp³-hybridized carbons (Fsp3) is 0.447. The molecule has 0 aromatic heterocycles. The molecule has 1 rings (SSSR count). The lowest BCUT2D eigenvalue weighted by molar-refractivity contribution is -0.115.